The van der Waals surface area contributed by atoms with Crippen molar-refractivity contribution < 1.29 is 14.3 Å². The number of nitrogens with two attached hydrogens (primary N) is 1. The van der Waals surface area contributed by atoms with Crippen LogP contribution < -0.4 is 11.1 Å². The third-order valence-electron chi connectivity index (χ3n) is 4.35. The van der Waals surface area contributed by atoms with Gasteiger partial charge in [-0.2, -0.15) is 0 Å². The number of piperazine rings is 1. The van der Waals surface area contributed by atoms with Crippen LogP contribution in [-0.4, -0.2) is 73.1 Å². The Kier molecular flexibility index (Phi) is 9.67. The van der Waals surface area contributed by atoms with E-state index in [1.54, 1.807) is 18.0 Å². The lowest BCUT2D eigenvalue weighted by Gasteiger charge is -2.36. The molecule has 0 atom stereocenters. The van der Waals surface area contributed by atoms with Crippen LogP contribution in [0.15, 0.2) is 29.3 Å². The molecular formula is C20H32IN5O3. The summed E-state index contributed by atoms with van der Waals surface area (Å²) >= 11 is 0. The first kappa shape index (κ1) is 25.0. The summed E-state index contributed by atoms with van der Waals surface area (Å²) in [6.07, 6.45) is 0.405. The topological polar surface area (TPSA) is 100 Å². The van der Waals surface area contributed by atoms with Gasteiger partial charge in [0.25, 0.3) is 5.91 Å². The van der Waals surface area contributed by atoms with Crippen molar-refractivity contribution in [2.45, 2.75) is 32.8 Å². The highest BCUT2D eigenvalue weighted by molar-refractivity contribution is 14.0. The minimum absolute atomic E-state index is 0. The summed E-state index contributed by atoms with van der Waals surface area (Å²) in [5.41, 5.74) is 7.29. The molecule has 1 aromatic carbocycles. The molecular weight excluding hydrogens is 485 g/mol. The van der Waals surface area contributed by atoms with Gasteiger partial charge in [0, 0.05) is 45.3 Å². The fourth-order valence-electron chi connectivity index (χ4n) is 2.86. The third kappa shape index (κ3) is 8.08. The molecule has 1 aliphatic rings. The highest BCUT2D eigenvalue weighted by atomic mass is 127. The van der Waals surface area contributed by atoms with E-state index in [9.17, 15) is 9.59 Å². The maximum Gasteiger partial charge on any atom is 0.410 e. The molecule has 3 N–H and O–H groups in total. The smallest absolute Gasteiger partial charge is 0.410 e. The minimum Gasteiger partial charge on any atom is -0.444 e. The van der Waals surface area contributed by atoms with Crippen molar-refractivity contribution in [3.05, 3.63) is 35.4 Å². The van der Waals surface area contributed by atoms with Crippen molar-refractivity contribution in [2.75, 3.05) is 39.8 Å². The Morgan fingerprint density at radius 1 is 1.17 bits per heavy atom. The van der Waals surface area contributed by atoms with Gasteiger partial charge in [0.05, 0.1) is 0 Å². The van der Waals surface area contributed by atoms with Crippen LogP contribution in [0.4, 0.5) is 4.79 Å². The van der Waals surface area contributed by atoms with Crippen molar-refractivity contribution in [3.63, 3.8) is 0 Å². The van der Waals surface area contributed by atoms with Gasteiger partial charge in [0.1, 0.15) is 5.60 Å². The molecule has 162 valence electrons. The maximum absolute atomic E-state index is 12.1. The number of halogens is 1. The second kappa shape index (κ2) is 11.2. The first-order valence-electron chi connectivity index (χ1n) is 9.53. The molecule has 8 nitrogen and oxygen atoms in total. The quantitative estimate of drug-likeness (QED) is 0.362. The lowest BCUT2D eigenvalue weighted by molar-refractivity contribution is 0.0186. The monoisotopic (exact) mass is 517 g/mol. The molecule has 0 saturated carbocycles. The number of ether oxygens (including phenoxy) is 1. The van der Waals surface area contributed by atoms with E-state index >= 15 is 0 Å². The Bertz CT molecular complexity index is 725. The number of amides is 2. The molecule has 0 radical (unpaired) electrons. The molecule has 1 saturated heterocycles. The molecule has 9 heteroatoms. The number of carbonyl (C=O) groups excluding carboxylic acids is 2. The normalized spacial score (nSPS) is 14.8. The van der Waals surface area contributed by atoms with Crippen molar-refractivity contribution in [1.29, 1.82) is 0 Å². The molecule has 1 aromatic rings. The Balaban J connectivity index is 0.00000420. The van der Waals surface area contributed by atoms with Crippen molar-refractivity contribution in [2.24, 2.45) is 10.7 Å². The lowest BCUT2D eigenvalue weighted by Crippen LogP contribution is -2.53. The van der Waals surface area contributed by atoms with E-state index in [0.717, 1.165) is 5.56 Å². The highest BCUT2D eigenvalue weighted by Gasteiger charge is 2.26. The van der Waals surface area contributed by atoms with E-state index in [-0.39, 0.29) is 36.0 Å². The SMILES string of the molecule is CNC(=O)c1cccc(CCN=C(N)N2CCN(C(=O)OC(C)(C)C)CC2)c1.I. The van der Waals surface area contributed by atoms with Crippen LogP contribution in [0.5, 0.6) is 0 Å². The number of hydrogen-bond donors (Lipinski definition) is 2. The van der Waals surface area contributed by atoms with E-state index in [1.165, 1.54) is 0 Å². The average Bonchev–Trinajstić information content (AvgIpc) is 2.66. The van der Waals surface area contributed by atoms with Crippen LogP contribution in [0.3, 0.4) is 0 Å². The molecule has 0 aliphatic carbocycles. The Hall–Kier alpha value is -2.04. The molecule has 1 fully saturated rings. The molecule has 0 spiro atoms. The molecule has 0 unspecified atom stereocenters. The van der Waals surface area contributed by atoms with Gasteiger partial charge in [-0.25, -0.2) is 4.79 Å². The zero-order valence-corrected chi connectivity index (χ0v) is 19.9. The van der Waals surface area contributed by atoms with Gasteiger partial charge in [-0.05, 0) is 44.9 Å². The second-order valence-electron chi connectivity index (χ2n) is 7.72. The number of nitrogens with zero attached hydrogens (tertiary/aromatic N) is 3. The number of benzene rings is 1. The van der Waals surface area contributed by atoms with Gasteiger partial charge in [-0.1, -0.05) is 12.1 Å². The molecule has 0 bridgehead atoms. The Labute approximate surface area is 189 Å². The van der Waals surface area contributed by atoms with E-state index in [2.05, 4.69) is 10.3 Å². The first-order valence-corrected chi connectivity index (χ1v) is 9.53. The van der Waals surface area contributed by atoms with Gasteiger partial charge in [0.2, 0.25) is 0 Å². The van der Waals surface area contributed by atoms with Gasteiger partial charge >= 0.3 is 6.09 Å². The molecule has 0 aromatic heterocycles. The van der Waals surface area contributed by atoms with Crippen LogP contribution in [-0.2, 0) is 11.2 Å². The number of nitrogens with one attached hydrogen (secondary N) is 1. The molecule has 29 heavy (non-hydrogen) atoms. The summed E-state index contributed by atoms with van der Waals surface area (Å²) in [5, 5.41) is 2.62. The van der Waals surface area contributed by atoms with Gasteiger partial charge in [-0.3, -0.25) is 9.79 Å². The van der Waals surface area contributed by atoms with Gasteiger partial charge in [-0.15, -0.1) is 24.0 Å². The number of rotatable bonds is 4. The van der Waals surface area contributed by atoms with Gasteiger partial charge < -0.3 is 25.6 Å². The molecule has 2 amide bonds. The number of carbonyl (C=O) groups is 2. The average molecular weight is 517 g/mol. The van der Waals surface area contributed by atoms with E-state index in [4.69, 9.17) is 10.5 Å². The predicted octanol–water partition coefficient (Wildman–Crippen LogP) is 2.07. The lowest BCUT2D eigenvalue weighted by atomic mass is 10.1. The number of hydrogen-bond acceptors (Lipinski definition) is 4. The highest BCUT2D eigenvalue weighted by Crippen LogP contribution is 2.12. The summed E-state index contributed by atoms with van der Waals surface area (Å²) in [4.78, 5) is 31.9. The standard InChI is InChI=1S/C20H31N5O3.HI/c1-20(2,3)28-19(27)25-12-10-24(11-13-25)18(21)23-9-8-15-6-5-7-16(14-15)17(26)22-4;/h5-7,14H,8-13H2,1-4H3,(H2,21,23)(H,22,26);1H. The number of guanidine groups is 1. The van der Waals surface area contributed by atoms with Crippen LogP contribution >= 0.6 is 24.0 Å². The molecule has 2 rings (SSSR count). The van der Waals surface area contributed by atoms with Crippen LogP contribution in [0.25, 0.3) is 0 Å². The Morgan fingerprint density at radius 2 is 1.79 bits per heavy atom. The fraction of sp³-hybridized carbons (Fsp3) is 0.550. The number of aliphatic imine (C=N–C) groups is 1. The zero-order chi connectivity index (χ0) is 20.7. The van der Waals surface area contributed by atoms with E-state index < -0.39 is 5.60 Å². The van der Waals surface area contributed by atoms with Crippen molar-refractivity contribution in [3.8, 4) is 0 Å². The summed E-state index contributed by atoms with van der Waals surface area (Å²) in [6.45, 7) is 8.47. The minimum atomic E-state index is -0.496. The maximum atomic E-state index is 12.1. The molecule has 1 aliphatic heterocycles. The second-order valence-corrected chi connectivity index (χ2v) is 7.72. The fourth-order valence-corrected chi connectivity index (χ4v) is 2.86. The van der Waals surface area contributed by atoms with E-state index in [1.807, 2.05) is 43.9 Å². The van der Waals surface area contributed by atoms with E-state index in [0.29, 0.717) is 50.7 Å². The van der Waals surface area contributed by atoms with Crippen LogP contribution in [0.2, 0.25) is 0 Å². The van der Waals surface area contributed by atoms with Gasteiger partial charge in [0.15, 0.2) is 5.96 Å². The van der Waals surface area contributed by atoms with Crippen LogP contribution in [0.1, 0.15) is 36.7 Å². The van der Waals surface area contributed by atoms with Crippen molar-refractivity contribution >= 4 is 41.9 Å². The van der Waals surface area contributed by atoms with Crippen molar-refractivity contribution in [1.82, 2.24) is 15.1 Å². The largest absolute Gasteiger partial charge is 0.444 e. The van der Waals surface area contributed by atoms with Crippen LogP contribution in [0, 0.1) is 0 Å². The predicted molar refractivity (Wildman–Crippen MR) is 125 cm³/mol. The zero-order valence-electron chi connectivity index (χ0n) is 17.6. The summed E-state index contributed by atoms with van der Waals surface area (Å²) in [6, 6.07) is 7.48. The first-order chi connectivity index (χ1) is 13.2. The third-order valence-corrected chi connectivity index (χ3v) is 4.35. The molecule has 1 heterocycles. The summed E-state index contributed by atoms with van der Waals surface area (Å²) in [5.74, 6) is 0.374. The summed E-state index contributed by atoms with van der Waals surface area (Å²) < 4.78 is 5.40. The Morgan fingerprint density at radius 3 is 2.38 bits per heavy atom. The summed E-state index contributed by atoms with van der Waals surface area (Å²) in [7, 11) is 1.61.